The van der Waals surface area contributed by atoms with Crippen molar-refractivity contribution < 1.29 is 14.6 Å². The van der Waals surface area contributed by atoms with Gasteiger partial charge in [-0.15, -0.1) is 0 Å². The minimum absolute atomic E-state index is 0.126. The third-order valence-electron chi connectivity index (χ3n) is 1.72. The van der Waals surface area contributed by atoms with Crippen LogP contribution in [0.4, 0.5) is 0 Å². The molecule has 0 aliphatic heterocycles. The second-order valence-electron chi connectivity index (χ2n) is 2.79. The highest BCUT2D eigenvalue weighted by molar-refractivity contribution is 5.72. The lowest BCUT2D eigenvalue weighted by atomic mass is 10.2. The van der Waals surface area contributed by atoms with Gasteiger partial charge in [-0.2, -0.15) is 0 Å². The lowest BCUT2D eigenvalue weighted by molar-refractivity contribution is -0.139. The number of carboxylic acids is 1. The summed E-state index contributed by atoms with van der Waals surface area (Å²) in [5.41, 5.74) is 0. The van der Waals surface area contributed by atoms with E-state index < -0.39 is 12.0 Å². The van der Waals surface area contributed by atoms with E-state index in [9.17, 15) is 4.79 Å². The zero-order valence-corrected chi connectivity index (χ0v) is 7.83. The molecular weight excluding hydrogens is 158 g/mol. The number of carbonyl (C=O) groups is 1. The molecule has 0 aromatic heterocycles. The van der Waals surface area contributed by atoms with Crippen LogP contribution in [0.2, 0.25) is 0 Å². The average Bonchev–Trinajstić information content (AvgIpc) is 2.03. The number of carboxylic acid groups (broad SMARTS) is 1. The van der Waals surface area contributed by atoms with Crippen LogP contribution >= 0.6 is 0 Å². The van der Waals surface area contributed by atoms with E-state index in [1.165, 1.54) is 0 Å². The number of ether oxygens (including phenoxy) is 1. The smallest absolute Gasteiger partial charge is 0.320 e. The molecule has 2 N–H and O–H groups in total. The van der Waals surface area contributed by atoms with Crippen molar-refractivity contribution in [1.29, 1.82) is 0 Å². The summed E-state index contributed by atoms with van der Waals surface area (Å²) >= 11 is 0. The maximum Gasteiger partial charge on any atom is 0.320 e. The van der Waals surface area contributed by atoms with Crippen molar-refractivity contribution in [2.24, 2.45) is 0 Å². The van der Waals surface area contributed by atoms with Crippen LogP contribution < -0.4 is 5.32 Å². The van der Waals surface area contributed by atoms with Crippen molar-refractivity contribution >= 4 is 5.97 Å². The summed E-state index contributed by atoms with van der Waals surface area (Å²) in [5.74, 6) is -0.829. The Hall–Kier alpha value is -0.610. The molecule has 72 valence electrons. The Morgan fingerprint density at radius 3 is 2.58 bits per heavy atom. The molecule has 0 aromatic rings. The molecule has 12 heavy (non-hydrogen) atoms. The van der Waals surface area contributed by atoms with Gasteiger partial charge in [-0.3, -0.25) is 10.1 Å². The van der Waals surface area contributed by atoms with Crippen LogP contribution in [-0.4, -0.2) is 36.9 Å². The van der Waals surface area contributed by atoms with Crippen LogP contribution in [-0.2, 0) is 9.53 Å². The van der Waals surface area contributed by atoms with Gasteiger partial charge in [-0.05, 0) is 13.3 Å². The van der Waals surface area contributed by atoms with Gasteiger partial charge in [0.15, 0.2) is 0 Å². The van der Waals surface area contributed by atoms with E-state index in [0.29, 0.717) is 6.61 Å². The van der Waals surface area contributed by atoms with E-state index in [0.717, 1.165) is 6.42 Å². The molecule has 0 saturated carbocycles. The fraction of sp³-hybridized carbons (Fsp3) is 0.875. The molecule has 0 aromatic carbocycles. The average molecular weight is 175 g/mol. The lowest BCUT2D eigenvalue weighted by Crippen LogP contribution is -2.43. The van der Waals surface area contributed by atoms with Crippen molar-refractivity contribution in [2.45, 2.75) is 32.4 Å². The fourth-order valence-corrected chi connectivity index (χ4v) is 0.910. The molecule has 0 radical (unpaired) electrons. The second kappa shape index (κ2) is 5.97. The largest absolute Gasteiger partial charge is 0.480 e. The lowest BCUT2D eigenvalue weighted by Gasteiger charge is -2.18. The molecule has 0 aliphatic carbocycles. The molecule has 0 fully saturated rings. The highest BCUT2D eigenvalue weighted by Gasteiger charge is 2.14. The summed E-state index contributed by atoms with van der Waals surface area (Å²) in [5, 5.41) is 11.5. The quantitative estimate of drug-likeness (QED) is 0.616. The first-order valence-electron chi connectivity index (χ1n) is 4.09. The van der Waals surface area contributed by atoms with Crippen LogP contribution in [0.25, 0.3) is 0 Å². The minimum atomic E-state index is -0.829. The topological polar surface area (TPSA) is 58.6 Å². The van der Waals surface area contributed by atoms with Crippen LogP contribution in [0.3, 0.4) is 0 Å². The van der Waals surface area contributed by atoms with Gasteiger partial charge in [0.2, 0.25) is 0 Å². The van der Waals surface area contributed by atoms with E-state index in [1.807, 2.05) is 6.92 Å². The Morgan fingerprint density at radius 2 is 2.25 bits per heavy atom. The molecule has 0 aliphatic rings. The molecule has 4 nitrogen and oxygen atoms in total. The zero-order valence-electron chi connectivity index (χ0n) is 7.83. The van der Waals surface area contributed by atoms with Gasteiger partial charge in [0.25, 0.3) is 0 Å². The summed E-state index contributed by atoms with van der Waals surface area (Å²) < 4.78 is 4.92. The van der Waals surface area contributed by atoms with Crippen LogP contribution in [0.1, 0.15) is 20.3 Å². The fourth-order valence-electron chi connectivity index (χ4n) is 0.910. The predicted molar refractivity (Wildman–Crippen MR) is 46.2 cm³/mol. The Balaban J connectivity index is 3.76. The summed E-state index contributed by atoms with van der Waals surface area (Å²) in [6, 6.07) is -0.383. The maximum absolute atomic E-state index is 10.5. The number of methoxy groups -OCH3 is 1. The van der Waals surface area contributed by atoms with E-state index in [1.54, 1.807) is 14.0 Å². The molecular formula is C8H17NO3. The summed E-state index contributed by atoms with van der Waals surface area (Å²) in [6.07, 6.45) is 0.867. The van der Waals surface area contributed by atoms with Gasteiger partial charge in [0.1, 0.15) is 6.04 Å². The molecule has 2 unspecified atom stereocenters. The number of hydrogen-bond acceptors (Lipinski definition) is 3. The Labute approximate surface area is 72.9 Å². The molecule has 0 amide bonds. The van der Waals surface area contributed by atoms with Crippen LogP contribution in [0.5, 0.6) is 0 Å². The van der Waals surface area contributed by atoms with Crippen molar-refractivity contribution in [1.82, 2.24) is 5.32 Å². The van der Waals surface area contributed by atoms with Crippen LogP contribution in [0, 0.1) is 0 Å². The highest BCUT2D eigenvalue weighted by Crippen LogP contribution is 1.94. The minimum Gasteiger partial charge on any atom is -0.480 e. The van der Waals surface area contributed by atoms with E-state index in [4.69, 9.17) is 9.84 Å². The van der Waals surface area contributed by atoms with E-state index in [-0.39, 0.29) is 6.04 Å². The summed E-state index contributed by atoms with van der Waals surface area (Å²) in [6.45, 7) is 4.17. The van der Waals surface area contributed by atoms with Crippen molar-refractivity contribution in [3.63, 3.8) is 0 Å². The van der Waals surface area contributed by atoms with Crippen molar-refractivity contribution in [2.75, 3.05) is 13.7 Å². The number of hydrogen-bond donors (Lipinski definition) is 2. The summed E-state index contributed by atoms with van der Waals surface area (Å²) in [4.78, 5) is 10.5. The Morgan fingerprint density at radius 1 is 1.67 bits per heavy atom. The van der Waals surface area contributed by atoms with E-state index >= 15 is 0 Å². The first-order chi connectivity index (χ1) is 5.61. The molecule has 0 rings (SSSR count). The van der Waals surface area contributed by atoms with Gasteiger partial charge in [-0.25, -0.2) is 0 Å². The maximum atomic E-state index is 10.5. The van der Waals surface area contributed by atoms with Gasteiger partial charge in [-0.1, -0.05) is 6.92 Å². The normalized spacial score (nSPS) is 15.6. The van der Waals surface area contributed by atoms with Crippen molar-refractivity contribution in [3.8, 4) is 0 Å². The van der Waals surface area contributed by atoms with Gasteiger partial charge in [0, 0.05) is 13.2 Å². The first kappa shape index (κ1) is 11.4. The number of aliphatic carboxylic acids is 1. The van der Waals surface area contributed by atoms with Crippen molar-refractivity contribution in [3.05, 3.63) is 0 Å². The molecule has 4 heteroatoms. The first-order valence-corrected chi connectivity index (χ1v) is 4.09. The van der Waals surface area contributed by atoms with E-state index in [2.05, 4.69) is 5.32 Å². The third kappa shape index (κ3) is 4.31. The predicted octanol–water partition coefficient (Wildman–Crippen LogP) is 0.474. The zero-order chi connectivity index (χ0) is 9.56. The molecule has 0 saturated heterocycles. The van der Waals surface area contributed by atoms with Gasteiger partial charge >= 0.3 is 5.97 Å². The SMILES string of the molecule is CCC(COC)NC(C)C(=O)O. The monoisotopic (exact) mass is 175 g/mol. The van der Waals surface area contributed by atoms with Gasteiger partial charge in [0.05, 0.1) is 6.61 Å². The molecule has 0 spiro atoms. The molecule has 2 atom stereocenters. The summed E-state index contributed by atoms with van der Waals surface area (Å²) in [7, 11) is 1.61. The highest BCUT2D eigenvalue weighted by atomic mass is 16.5. The van der Waals surface area contributed by atoms with Gasteiger partial charge < -0.3 is 9.84 Å². The number of rotatable bonds is 6. The molecule has 0 heterocycles. The number of nitrogens with one attached hydrogen (secondary N) is 1. The second-order valence-corrected chi connectivity index (χ2v) is 2.79. The Kier molecular flexibility index (Phi) is 5.66. The Bertz CT molecular complexity index is 138. The molecule has 0 bridgehead atoms. The van der Waals surface area contributed by atoms with Crippen LogP contribution in [0.15, 0.2) is 0 Å². The third-order valence-corrected chi connectivity index (χ3v) is 1.72. The standard InChI is InChI=1S/C8H17NO3/c1-4-7(5-12-3)9-6(2)8(10)11/h6-7,9H,4-5H2,1-3H3,(H,10,11).